The van der Waals surface area contributed by atoms with Gasteiger partial charge in [-0.3, -0.25) is 9.97 Å². The van der Waals surface area contributed by atoms with Crippen LogP contribution in [0.15, 0.2) is 67.3 Å². The second-order valence-corrected chi connectivity index (χ2v) is 4.47. The molecule has 0 atom stereocenters. The van der Waals surface area contributed by atoms with Crippen molar-refractivity contribution in [3.63, 3.8) is 0 Å². The Hall–Kier alpha value is -2.52. The number of nitrogens with zero attached hydrogens (tertiary/aromatic N) is 2. The summed E-state index contributed by atoms with van der Waals surface area (Å²) < 4.78 is 0. The molecule has 2 aromatic heterocycles. The van der Waals surface area contributed by atoms with E-state index in [-0.39, 0.29) is 6.61 Å². The number of benzene rings is 1. The van der Waals surface area contributed by atoms with E-state index < -0.39 is 0 Å². The highest BCUT2D eigenvalue weighted by Crippen LogP contribution is 2.31. The molecule has 0 aliphatic heterocycles. The Labute approximate surface area is 117 Å². The molecule has 3 aromatic rings. The van der Waals surface area contributed by atoms with Gasteiger partial charge in [-0.2, -0.15) is 0 Å². The summed E-state index contributed by atoms with van der Waals surface area (Å²) in [5.41, 5.74) is 4.90. The van der Waals surface area contributed by atoms with Crippen molar-refractivity contribution in [3.8, 4) is 22.3 Å². The van der Waals surface area contributed by atoms with E-state index in [1.165, 1.54) is 0 Å². The van der Waals surface area contributed by atoms with Gasteiger partial charge in [0, 0.05) is 35.9 Å². The van der Waals surface area contributed by atoms with Crippen LogP contribution in [0.5, 0.6) is 0 Å². The summed E-state index contributed by atoms with van der Waals surface area (Å²) in [6, 6.07) is 13.8. The van der Waals surface area contributed by atoms with Crippen LogP contribution in [-0.4, -0.2) is 15.1 Å². The van der Waals surface area contributed by atoms with Crippen molar-refractivity contribution < 1.29 is 5.11 Å². The van der Waals surface area contributed by atoms with E-state index in [9.17, 15) is 5.11 Å². The van der Waals surface area contributed by atoms with Gasteiger partial charge in [0.2, 0.25) is 0 Å². The third-order valence-electron chi connectivity index (χ3n) is 3.28. The topological polar surface area (TPSA) is 46.0 Å². The van der Waals surface area contributed by atoms with Gasteiger partial charge in [0.15, 0.2) is 0 Å². The minimum absolute atomic E-state index is 0.0186. The van der Waals surface area contributed by atoms with E-state index in [1.54, 1.807) is 12.4 Å². The van der Waals surface area contributed by atoms with Crippen molar-refractivity contribution >= 4 is 0 Å². The van der Waals surface area contributed by atoms with Gasteiger partial charge in [0.05, 0.1) is 6.61 Å². The minimum atomic E-state index is -0.0186. The zero-order chi connectivity index (χ0) is 13.8. The second-order valence-electron chi connectivity index (χ2n) is 4.47. The van der Waals surface area contributed by atoms with Gasteiger partial charge in [-0.25, -0.2) is 0 Å². The molecule has 1 N–H and O–H groups in total. The van der Waals surface area contributed by atoms with E-state index in [2.05, 4.69) is 9.97 Å². The van der Waals surface area contributed by atoms with Gasteiger partial charge in [0.1, 0.15) is 0 Å². The van der Waals surface area contributed by atoms with E-state index in [0.29, 0.717) is 0 Å². The van der Waals surface area contributed by atoms with Crippen molar-refractivity contribution in [2.24, 2.45) is 0 Å². The lowest BCUT2D eigenvalue weighted by molar-refractivity contribution is 0.283. The van der Waals surface area contributed by atoms with Crippen LogP contribution in [0, 0.1) is 0 Å². The second kappa shape index (κ2) is 5.63. The zero-order valence-corrected chi connectivity index (χ0v) is 10.9. The molecule has 2 heterocycles. The predicted octanol–water partition coefficient (Wildman–Crippen LogP) is 3.30. The first-order chi connectivity index (χ1) is 9.90. The molecular weight excluding hydrogens is 248 g/mol. The van der Waals surface area contributed by atoms with Crippen molar-refractivity contribution in [2.45, 2.75) is 6.61 Å². The van der Waals surface area contributed by atoms with Crippen LogP contribution in [0.2, 0.25) is 0 Å². The van der Waals surface area contributed by atoms with Gasteiger partial charge >= 0.3 is 0 Å². The van der Waals surface area contributed by atoms with Crippen LogP contribution in [0.3, 0.4) is 0 Å². The van der Waals surface area contributed by atoms with Crippen LogP contribution < -0.4 is 0 Å². The van der Waals surface area contributed by atoms with Crippen LogP contribution in [0.4, 0.5) is 0 Å². The van der Waals surface area contributed by atoms with Crippen LogP contribution in [0.25, 0.3) is 22.3 Å². The smallest absolute Gasteiger partial charge is 0.0693 e. The van der Waals surface area contributed by atoms with E-state index >= 15 is 0 Å². The van der Waals surface area contributed by atoms with Gasteiger partial charge < -0.3 is 5.11 Å². The summed E-state index contributed by atoms with van der Waals surface area (Å²) >= 11 is 0. The van der Waals surface area contributed by atoms with Crippen LogP contribution in [-0.2, 0) is 6.61 Å². The van der Waals surface area contributed by atoms with E-state index in [0.717, 1.165) is 27.8 Å². The maximum Gasteiger partial charge on any atom is 0.0693 e. The monoisotopic (exact) mass is 262 g/mol. The number of aliphatic hydroxyl groups is 1. The summed E-state index contributed by atoms with van der Waals surface area (Å²) in [6.45, 7) is -0.0186. The number of pyridine rings is 2. The number of aliphatic hydroxyl groups excluding tert-OH is 1. The molecule has 0 saturated carbocycles. The lowest BCUT2D eigenvalue weighted by Crippen LogP contribution is -1.94. The molecule has 98 valence electrons. The number of hydrogen-bond donors (Lipinski definition) is 1. The Bertz CT molecular complexity index is 639. The van der Waals surface area contributed by atoms with Gasteiger partial charge in [0.25, 0.3) is 0 Å². The molecule has 0 aliphatic rings. The van der Waals surface area contributed by atoms with Crippen LogP contribution >= 0.6 is 0 Å². The van der Waals surface area contributed by atoms with E-state index in [4.69, 9.17) is 0 Å². The molecule has 0 radical (unpaired) electrons. The summed E-state index contributed by atoms with van der Waals surface area (Å²) in [6.07, 6.45) is 7.10. The molecule has 0 amide bonds. The fraction of sp³-hybridized carbons (Fsp3) is 0.0588. The first-order valence-corrected chi connectivity index (χ1v) is 6.43. The van der Waals surface area contributed by atoms with Gasteiger partial charge in [-0.1, -0.05) is 30.3 Å². The summed E-state index contributed by atoms with van der Waals surface area (Å²) in [5, 5.41) is 9.78. The molecule has 0 saturated heterocycles. The third kappa shape index (κ3) is 2.31. The lowest BCUT2D eigenvalue weighted by atomic mass is 9.93. The molecule has 3 nitrogen and oxygen atoms in total. The molecule has 20 heavy (non-hydrogen) atoms. The average Bonchev–Trinajstić information content (AvgIpc) is 2.55. The number of aromatic nitrogens is 2. The Morgan fingerprint density at radius 3 is 1.70 bits per heavy atom. The number of hydrogen-bond acceptors (Lipinski definition) is 3. The molecule has 3 rings (SSSR count). The SMILES string of the molecule is OCc1c(-c2cccnc2)cccc1-c1cccnc1. The highest BCUT2D eigenvalue weighted by Gasteiger charge is 2.10. The molecule has 3 heteroatoms. The summed E-state index contributed by atoms with van der Waals surface area (Å²) in [4.78, 5) is 8.29. The predicted molar refractivity (Wildman–Crippen MR) is 78.8 cm³/mol. The molecule has 0 aliphatic carbocycles. The molecular formula is C17H14N2O. The highest BCUT2D eigenvalue weighted by atomic mass is 16.3. The molecule has 0 bridgehead atoms. The Kier molecular flexibility index (Phi) is 3.52. The normalized spacial score (nSPS) is 10.4. The summed E-state index contributed by atoms with van der Waals surface area (Å²) in [7, 11) is 0. The minimum Gasteiger partial charge on any atom is -0.392 e. The molecule has 1 aromatic carbocycles. The van der Waals surface area contributed by atoms with Crippen molar-refractivity contribution in [3.05, 3.63) is 72.8 Å². The maximum atomic E-state index is 9.78. The molecule has 0 unspecified atom stereocenters. The van der Waals surface area contributed by atoms with Gasteiger partial charge in [-0.15, -0.1) is 0 Å². The average molecular weight is 262 g/mol. The van der Waals surface area contributed by atoms with Crippen molar-refractivity contribution in [1.29, 1.82) is 0 Å². The van der Waals surface area contributed by atoms with Crippen molar-refractivity contribution in [2.75, 3.05) is 0 Å². The Morgan fingerprint density at radius 1 is 0.750 bits per heavy atom. The Morgan fingerprint density at radius 2 is 1.30 bits per heavy atom. The maximum absolute atomic E-state index is 9.78. The molecule has 0 spiro atoms. The lowest BCUT2D eigenvalue weighted by Gasteiger charge is -2.13. The van der Waals surface area contributed by atoms with Crippen molar-refractivity contribution in [1.82, 2.24) is 9.97 Å². The van der Waals surface area contributed by atoms with Crippen LogP contribution in [0.1, 0.15) is 5.56 Å². The fourth-order valence-corrected chi connectivity index (χ4v) is 2.34. The molecule has 0 fully saturated rings. The zero-order valence-electron chi connectivity index (χ0n) is 10.9. The number of rotatable bonds is 3. The Balaban J connectivity index is 2.19. The fourth-order valence-electron chi connectivity index (χ4n) is 2.34. The van der Waals surface area contributed by atoms with E-state index in [1.807, 2.05) is 54.9 Å². The highest BCUT2D eigenvalue weighted by molar-refractivity contribution is 5.77. The largest absolute Gasteiger partial charge is 0.392 e. The quantitative estimate of drug-likeness (QED) is 0.787. The standard InChI is InChI=1S/C17H14N2O/c20-12-17-15(13-4-2-8-18-10-13)6-1-7-16(17)14-5-3-9-19-11-14/h1-11,20H,12H2. The first kappa shape index (κ1) is 12.5. The third-order valence-corrected chi connectivity index (χ3v) is 3.28. The van der Waals surface area contributed by atoms with Gasteiger partial charge in [-0.05, 0) is 28.8 Å². The summed E-state index contributed by atoms with van der Waals surface area (Å²) in [5.74, 6) is 0. The first-order valence-electron chi connectivity index (χ1n) is 6.43.